The topological polar surface area (TPSA) is 72.2 Å². The molecule has 24 heavy (non-hydrogen) atoms. The van der Waals surface area contributed by atoms with Crippen LogP contribution in [0.15, 0.2) is 41.3 Å². The maximum absolute atomic E-state index is 13.5. The third kappa shape index (κ3) is 4.05. The number of hydrogen-bond donors (Lipinski definition) is 1. The van der Waals surface area contributed by atoms with Crippen LogP contribution in [0.4, 0.5) is 24.5 Å². The average Bonchev–Trinajstić information content (AvgIpc) is 2.55. The maximum Gasteiger partial charge on any atom is 0.269 e. The number of nitro groups is 1. The zero-order valence-corrected chi connectivity index (χ0v) is 13.1. The van der Waals surface area contributed by atoms with Crippen LogP contribution in [0.1, 0.15) is 6.92 Å². The van der Waals surface area contributed by atoms with Crippen molar-refractivity contribution in [2.45, 2.75) is 17.1 Å². The monoisotopic (exact) mass is 356 g/mol. The summed E-state index contributed by atoms with van der Waals surface area (Å²) in [6, 6.07) is 7.18. The number of amides is 1. The predicted octanol–water partition coefficient (Wildman–Crippen LogP) is 4.13. The summed E-state index contributed by atoms with van der Waals surface area (Å²) in [4.78, 5) is 22.6. The van der Waals surface area contributed by atoms with Gasteiger partial charge in [-0.15, -0.1) is 11.8 Å². The zero-order chi connectivity index (χ0) is 17.9. The van der Waals surface area contributed by atoms with Crippen LogP contribution in [0.5, 0.6) is 0 Å². The minimum absolute atomic E-state index is 0.0830. The van der Waals surface area contributed by atoms with E-state index in [1.54, 1.807) is 0 Å². The van der Waals surface area contributed by atoms with Crippen molar-refractivity contribution in [1.29, 1.82) is 0 Å². The average molecular weight is 356 g/mol. The summed E-state index contributed by atoms with van der Waals surface area (Å²) in [6.07, 6.45) is 0. The van der Waals surface area contributed by atoms with Crippen LogP contribution in [0.25, 0.3) is 0 Å². The molecular formula is C15H11F3N2O3S. The molecule has 0 aromatic heterocycles. The van der Waals surface area contributed by atoms with Crippen molar-refractivity contribution >= 4 is 29.0 Å². The summed E-state index contributed by atoms with van der Waals surface area (Å²) in [5.41, 5.74) is -0.546. The van der Waals surface area contributed by atoms with E-state index >= 15 is 0 Å². The fourth-order valence-corrected chi connectivity index (χ4v) is 2.63. The van der Waals surface area contributed by atoms with E-state index in [-0.39, 0.29) is 5.69 Å². The number of rotatable bonds is 5. The molecule has 0 saturated carbocycles. The highest BCUT2D eigenvalue weighted by molar-refractivity contribution is 8.00. The van der Waals surface area contributed by atoms with E-state index < -0.39 is 39.2 Å². The molecule has 0 spiro atoms. The van der Waals surface area contributed by atoms with Crippen molar-refractivity contribution in [2.24, 2.45) is 0 Å². The molecule has 0 radical (unpaired) electrons. The Morgan fingerprint density at radius 2 is 1.75 bits per heavy atom. The zero-order valence-electron chi connectivity index (χ0n) is 12.3. The number of non-ortho nitro benzene ring substituents is 1. The fraction of sp³-hybridized carbons (Fsp3) is 0.133. The largest absolute Gasteiger partial charge is 0.323 e. The highest BCUT2D eigenvalue weighted by atomic mass is 32.2. The summed E-state index contributed by atoms with van der Waals surface area (Å²) in [5.74, 6) is -5.11. The first kappa shape index (κ1) is 17.8. The van der Waals surface area contributed by atoms with E-state index in [0.717, 1.165) is 17.8 Å². The number of nitro benzene ring substituents is 1. The lowest BCUT2D eigenvalue weighted by atomic mass is 10.2. The van der Waals surface area contributed by atoms with E-state index in [1.807, 2.05) is 0 Å². The molecule has 2 rings (SSSR count). The molecule has 5 nitrogen and oxygen atoms in total. The lowest BCUT2D eigenvalue weighted by Gasteiger charge is -2.12. The van der Waals surface area contributed by atoms with Crippen molar-refractivity contribution < 1.29 is 22.9 Å². The normalized spacial score (nSPS) is 11.8. The van der Waals surface area contributed by atoms with Gasteiger partial charge >= 0.3 is 0 Å². The third-order valence-electron chi connectivity index (χ3n) is 3.02. The Morgan fingerprint density at radius 1 is 1.12 bits per heavy atom. The lowest BCUT2D eigenvalue weighted by Crippen LogP contribution is -2.23. The standard InChI is InChI=1S/C15H11F3N2O3S/c1-8(24-10-4-2-9(3-5-10)20(22)23)15(21)19-12-7-6-11(16)13(17)14(12)18/h2-8H,1H3,(H,19,21). The first-order chi connectivity index (χ1) is 11.3. The Morgan fingerprint density at radius 3 is 2.33 bits per heavy atom. The maximum atomic E-state index is 13.5. The van der Waals surface area contributed by atoms with E-state index in [9.17, 15) is 28.1 Å². The Kier molecular flexibility index (Phi) is 5.45. The van der Waals surface area contributed by atoms with E-state index in [0.29, 0.717) is 11.0 Å². The Bertz CT molecular complexity index is 784. The molecule has 2 aromatic carbocycles. The quantitative estimate of drug-likeness (QED) is 0.378. The Balaban J connectivity index is 2.04. The number of carbonyl (C=O) groups is 1. The van der Waals surface area contributed by atoms with Gasteiger partial charge in [0.1, 0.15) is 0 Å². The molecule has 0 aliphatic rings. The Hall–Kier alpha value is -2.55. The van der Waals surface area contributed by atoms with Gasteiger partial charge in [-0.2, -0.15) is 0 Å². The molecule has 126 valence electrons. The molecule has 0 heterocycles. The molecule has 0 saturated heterocycles. The molecule has 0 bridgehead atoms. The van der Waals surface area contributed by atoms with E-state index in [2.05, 4.69) is 5.32 Å². The molecule has 9 heteroatoms. The highest BCUT2D eigenvalue weighted by Crippen LogP contribution is 2.27. The second-order valence-corrected chi connectivity index (χ2v) is 6.14. The van der Waals surface area contributed by atoms with Gasteiger partial charge in [0.05, 0.1) is 15.9 Å². The van der Waals surface area contributed by atoms with Crippen LogP contribution in [0, 0.1) is 27.6 Å². The van der Waals surface area contributed by atoms with Gasteiger partial charge in [-0.1, -0.05) is 0 Å². The van der Waals surface area contributed by atoms with Crippen molar-refractivity contribution in [3.63, 3.8) is 0 Å². The van der Waals surface area contributed by atoms with Crippen LogP contribution >= 0.6 is 11.8 Å². The van der Waals surface area contributed by atoms with Gasteiger partial charge in [0.25, 0.3) is 5.69 Å². The van der Waals surface area contributed by atoms with Crippen molar-refractivity contribution in [1.82, 2.24) is 0 Å². The van der Waals surface area contributed by atoms with Gasteiger partial charge in [-0.3, -0.25) is 14.9 Å². The van der Waals surface area contributed by atoms with Gasteiger partial charge in [0, 0.05) is 17.0 Å². The third-order valence-corrected chi connectivity index (χ3v) is 4.13. The number of carbonyl (C=O) groups excluding carboxylic acids is 1. The van der Waals surface area contributed by atoms with Crippen LogP contribution in [0.3, 0.4) is 0 Å². The summed E-state index contributed by atoms with van der Waals surface area (Å²) < 4.78 is 39.5. The van der Waals surface area contributed by atoms with Crippen LogP contribution < -0.4 is 5.32 Å². The number of nitrogens with one attached hydrogen (secondary N) is 1. The molecule has 2 aromatic rings. The lowest BCUT2D eigenvalue weighted by molar-refractivity contribution is -0.384. The number of benzene rings is 2. The number of anilines is 1. The van der Waals surface area contributed by atoms with Gasteiger partial charge in [-0.05, 0) is 31.2 Å². The number of hydrogen-bond acceptors (Lipinski definition) is 4. The summed E-state index contributed by atoms with van der Waals surface area (Å²) >= 11 is 1.08. The second kappa shape index (κ2) is 7.35. The number of halogens is 3. The van der Waals surface area contributed by atoms with Crippen LogP contribution in [-0.2, 0) is 4.79 Å². The van der Waals surface area contributed by atoms with Crippen molar-refractivity contribution in [3.05, 3.63) is 64.0 Å². The van der Waals surface area contributed by atoms with Gasteiger partial charge in [-0.25, -0.2) is 13.2 Å². The molecule has 0 fully saturated rings. The van der Waals surface area contributed by atoms with E-state index in [4.69, 9.17) is 0 Å². The van der Waals surface area contributed by atoms with Crippen LogP contribution in [-0.4, -0.2) is 16.1 Å². The smallest absolute Gasteiger partial charge is 0.269 e. The number of thioether (sulfide) groups is 1. The van der Waals surface area contributed by atoms with Crippen molar-refractivity contribution in [3.8, 4) is 0 Å². The summed E-state index contributed by atoms with van der Waals surface area (Å²) in [5, 5.41) is 12.1. The van der Waals surface area contributed by atoms with Gasteiger partial charge in [0.15, 0.2) is 17.5 Å². The highest BCUT2D eigenvalue weighted by Gasteiger charge is 2.19. The first-order valence-corrected chi connectivity index (χ1v) is 7.53. The SMILES string of the molecule is CC(Sc1ccc([N+](=O)[O-])cc1)C(=O)Nc1ccc(F)c(F)c1F. The Labute approximate surface area is 139 Å². The minimum Gasteiger partial charge on any atom is -0.323 e. The first-order valence-electron chi connectivity index (χ1n) is 6.65. The van der Waals surface area contributed by atoms with Crippen LogP contribution in [0.2, 0.25) is 0 Å². The molecular weight excluding hydrogens is 345 g/mol. The molecule has 0 aliphatic heterocycles. The molecule has 1 amide bonds. The molecule has 1 unspecified atom stereocenters. The summed E-state index contributed by atoms with van der Waals surface area (Å²) in [6.45, 7) is 1.53. The van der Waals surface area contributed by atoms with Gasteiger partial charge in [0.2, 0.25) is 5.91 Å². The summed E-state index contributed by atoms with van der Waals surface area (Å²) in [7, 11) is 0. The van der Waals surface area contributed by atoms with Gasteiger partial charge < -0.3 is 5.32 Å². The second-order valence-electron chi connectivity index (χ2n) is 4.72. The molecule has 0 aliphatic carbocycles. The molecule has 1 N–H and O–H groups in total. The number of nitrogens with zero attached hydrogens (tertiary/aromatic N) is 1. The molecule has 1 atom stereocenters. The minimum atomic E-state index is -1.66. The van der Waals surface area contributed by atoms with E-state index in [1.165, 1.54) is 31.2 Å². The fourth-order valence-electron chi connectivity index (χ4n) is 1.76. The van der Waals surface area contributed by atoms with Crippen molar-refractivity contribution in [2.75, 3.05) is 5.32 Å². The predicted molar refractivity (Wildman–Crippen MR) is 83.4 cm³/mol.